The summed E-state index contributed by atoms with van der Waals surface area (Å²) in [6.45, 7) is 0. The van der Waals surface area contributed by atoms with Crippen LogP contribution in [-0.4, -0.2) is 17.9 Å². The molecule has 1 aromatic carbocycles. The van der Waals surface area contributed by atoms with Crippen LogP contribution in [0, 0.1) is 9.49 Å². The Hall–Kier alpha value is -1.11. The summed E-state index contributed by atoms with van der Waals surface area (Å²) < 4.78 is 1.10. The van der Waals surface area contributed by atoms with Crippen molar-refractivity contribution in [1.29, 1.82) is 0 Å². The van der Waals surface area contributed by atoms with Crippen LogP contribution in [0.2, 0.25) is 0 Å². The highest BCUT2D eigenvalue weighted by atomic mass is 127. The maximum absolute atomic E-state index is 12.2. The summed E-state index contributed by atoms with van der Waals surface area (Å²) in [6, 6.07) is 7.26. The molecule has 0 aliphatic heterocycles. The van der Waals surface area contributed by atoms with E-state index in [1.807, 2.05) is 24.3 Å². The Kier molecular flexibility index (Phi) is 6.02. The zero-order chi connectivity index (χ0) is 15.2. The van der Waals surface area contributed by atoms with Crippen molar-refractivity contribution in [2.75, 3.05) is 0 Å². The van der Waals surface area contributed by atoms with Gasteiger partial charge in [0.1, 0.15) is 6.04 Å². The van der Waals surface area contributed by atoms with Crippen molar-refractivity contribution in [2.24, 2.45) is 11.7 Å². The standard InChI is InChI=1S/C16H21IN2O2/c17-13-8-4-5-11(9-13)10-14(15(18)20)19-16(21)12-6-2-1-3-7-12/h4-5,8-9,12,14H,1-3,6-7,10H2,(H2,18,20)(H,19,21)/t14-/m1/s1. The molecule has 0 bridgehead atoms. The minimum atomic E-state index is -0.627. The number of halogens is 1. The number of benzene rings is 1. The third kappa shape index (κ3) is 4.98. The van der Waals surface area contributed by atoms with E-state index in [1.165, 1.54) is 6.42 Å². The molecule has 3 N–H and O–H groups in total. The van der Waals surface area contributed by atoms with Gasteiger partial charge in [-0.3, -0.25) is 9.59 Å². The van der Waals surface area contributed by atoms with Crippen LogP contribution < -0.4 is 11.1 Å². The Morgan fingerprint density at radius 3 is 2.62 bits per heavy atom. The van der Waals surface area contributed by atoms with E-state index in [0.29, 0.717) is 6.42 Å². The summed E-state index contributed by atoms with van der Waals surface area (Å²) in [5.74, 6) is -0.460. The largest absolute Gasteiger partial charge is 0.368 e. The first-order chi connectivity index (χ1) is 10.1. The van der Waals surface area contributed by atoms with Gasteiger partial charge in [0.2, 0.25) is 11.8 Å². The molecule has 0 aromatic heterocycles. The number of hydrogen-bond acceptors (Lipinski definition) is 2. The number of primary amides is 1. The lowest BCUT2D eigenvalue weighted by Gasteiger charge is -2.23. The lowest BCUT2D eigenvalue weighted by Crippen LogP contribution is -2.48. The van der Waals surface area contributed by atoms with Crippen LogP contribution >= 0.6 is 22.6 Å². The zero-order valence-electron chi connectivity index (χ0n) is 12.0. The molecule has 0 saturated heterocycles. The number of amides is 2. The van der Waals surface area contributed by atoms with Crippen LogP contribution in [0.3, 0.4) is 0 Å². The lowest BCUT2D eigenvalue weighted by molar-refractivity contribution is -0.130. The number of hydrogen-bond donors (Lipinski definition) is 2. The normalized spacial score (nSPS) is 17.2. The molecule has 114 valence electrons. The molecule has 0 radical (unpaired) electrons. The summed E-state index contributed by atoms with van der Waals surface area (Å²) in [6.07, 6.45) is 5.67. The van der Waals surface area contributed by atoms with E-state index in [9.17, 15) is 9.59 Å². The van der Waals surface area contributed by atoms with Crippen LogP contribution in [0.5, 0.6) is 0 Å². The molecule has 2 rings (SSSR count). The second kappa shape index (κ2) is 7.77. The molecule has 1 aliphatic rings. The van der Waals surface area contributed by atoms with Crippen LogP contribution in [0.15, 0.2) is 24.3 Å². The molecule has 4 nitrogen and oxygen atoms in total. The Labute approximate surface area is 139 Å². The molecule has 21 heavy (non-hydrogen) atoms. The van der Waals surface area contributed by atoms with Gasteiger partial charge in [0.05, 0.1) is 0 Å². The van der Waals surface area contributed by atoms with Gasteiger partial charge >= 0.3 is 0 Å². The van der Waals surface area contributed by atoms with Gasteiger partial charge in [-0.25, -0.2) is 0 Å². The molecule has 1 fully saturated rings. The number of carbonyl (C=O) groups is 2. The fraction of sp³-hybridized carbons (Fsp3) is 0.500. The minimum Gasteiger partial charge on any atom is -0.368 e. The van der Waals surface area contributed by atoms with E-state index in [1.54, 1.807) is 0 Å². The molecule has 1 atom stereocenters. The summed E-state index contributed by atoms with van der Waals surface area (Å²) in [4.78, 5) is 23.9. The predicted octanol–water partition coefficient (Wildman–Crippen LogP) is 2.38. The smallest absolute Gasteiger partial charge is 0.240 e. The summed E-state index contributed by atoms with van der Waals surface area (Å²) in [5, 5.41) is 2.84. The maximum atomic E-state index is 12.2. The van der Waals surface area contributed by atoms with Gasteiger partial charge in [-0.1, -0.05) is 31.4 Å². The van der Waals surface area contributed by atoms with Crippen molar-refractivity contribution >= 4 is 34.4 Å². The number of nitrogens with two attached hydrogens (primary N) is 1. The van der Waals surface area contributed by atoms with Crippen LogP contribution in [-0.2, 0) is 16.0 Å². The van der Waals surface area contributed by atoms with E-state index in [2.05, 4.69) is 27.9 Å². The fourth-order valence-electron chi connectivity index (χ4n) is 2.78. The van der Waals surface area contributed by atoms with Gasteiger partial charge in [0.15, 0.2) is 0 Å². The topological polar surface area (TPSA) is 72.2 Å². The maximum Gasteiger partial charge on any atom is 0.240 e. The molecule has 2 amide bonds. The van der Waals surface area contributed by atoms with Gasteiger partial charge < -0.3 is 11.1 Å². The molecule has 1 saturated carbocycles. The molecule has 0 spiro atoms. The first kappa shape index (κ1) is 16.3. The second-order valence-electron chi connectivity index (χ2n) is 5.63. The Bertz CT molecular complexity index is 513. The number of rotatable bonds is 5. The van der Waals surface area contributed by atoms with Crippen molar-refractivity contribution in [3.63, 3.8) is 0 Å². The molecule has 1 aromatic rings. The third-order valence-electron chi connectivity index (χ3n) is 3.96. The van der Waals surface area contributed by atoms with Crippen LogP contribution in [0.25, 0.3) is 0 Å². The van der Waals surface area contributed by atoms with Crippen LogP contribution in [0.4, 0.5) is 0 Å². The lowest BCUT2D eigenvalue weighted by atomic mass is 9.88. The molecule has 1 aliphatic carbocycles. The highest BCUT2D eigenvalue weighted by Gasteiger charge is 2.25. The molecule has 0 unspecified atom stereocenters. The first-order valence-corrected chi connectivity index (χ1v) is 8.48. The Balaban J connectivity index is 1.98. The van der Waals surface area contributed by atoms with Crippen molar-refractivity contribution in [1.82, 2.24) is 5.32 Å². The van der Waals surface area contributed by atoms with Crippen molar-refractivity contribution in [3.8, 4) is 0 Å². The number of nitrogens with one attached hydrogen (secondary N) is 1. The number of carbonyl (C=O) groups excluding carboxylic acids is 2. The van der Waals surface area contributed by atoms with E-state index < -0.39 is 11.9 Å². The summed E-state index contributed by atoms with van der Waals surface area (Å²) >= 11 is 2.23. The first-order valence-electron chi connectivity index (χ1n) is 7.40. The predicted molar refractivity (Wildman–Crippen MR) is 90.6 cm³/mol. The van der Waals surface area contributed by atoms with E-state index in [0.717, 1.165) is 34.8 Å². The Morgan fingerprint density at radius 2 is 2.00 bits per heavy atom. The Morgan fingerprint density at radius 1 is 1.29 bits per heavy atom. The van der Waals surface area contributed by atoms with Crippen molar-refractivity contribution < 1.29 is 9.59 Å². The fourth-order valence-corrected chi connectivity index (χ4v) is 3.38. The van der Waals surface area contributed by atoms with Crippen LogP contribution in [0.1, 0.15) is 37.7 Å². The van der Waals surface area contributed by atoms with Gasteiger partial charge in [-0.2, -0.15) is 0 Å². The minimum absolute atomic E-state index is 0.0240. The van der Waals surface area contributed by atoms with Gasteiger partial charge in [-0.05, 0) is 53.1 Å². The second-order valence-corrected chi connectivity index (χ2v) is 6.88. The molecule has 0 heterocycles. The molecular formula is C16H21IN2O2. The van der Waals surface area contributed by atoms with Crippen molar-refractivity contribution in [3.05, 3.63) is 33.4 Å². The SMILES string of the molecule is NC(=O)[C@@H](Cc1cccc(I)c1)NC(=O)C1CCCCC1. The quantitative estimate of drug-likeness (QED) is 0.746. The molecule has 5 heteroatoms. The van der Waals surface area contributed by atoms with Gasteiger partial charge in [0, 0.05) is 15.9 Å². The monoisotopic (exact) mass is 400 g/mol. The summed E-state index contributed by atoms with van der Waals surface area (Å²) in [7, 11) is 0. The zero-order valence-corrected chi connectivity index (χ0v) is 14.1. The summed E-state index contributed by atoms with van der Waals surface area (Å²) in [5.41, 5.74) is 6.45. The van der Waals surface area contributed by atoms with Gasteiger partial charge in [0.25, 0.3) is 0 Å². The highest BCUT2D eigenvalue weighted by molar-refractivity contribution is 14.1. The highest BCUT2D eigenvalue weighted by Crippen LogP contribution is 2.23. The van der Waals surface area contributed by atoms with E-state index in [4.69, 9.17) is 5.73 Å². The molecular weight excluding hydrogens is 379 g/mol. The van der Waals surface area contributed by atoms with Crippen molar-refractivity contribution in [2.45, 2.75) is 44.6 Å². The van der Waals surface area contributed by atoms with E-state index >= 15 is 0 Å². The van der Waals surface area contributed by atoms with Gasteiger partial charge in [-0.15, -0.1) is 0 Å². The van der Waals surface area contributed by atoms with E-state index in [-0.39, 0.29) is 11.8 Å². The average Bonchev–Trinajstić information content (AvgIpc) is 2.47. The third-order valence-corrected chi connectivity index (χ3v) is 4.64. The average molecular weight is 400 g/mol.